The number of nitrogens with zero attached hydrogens (tertiary/aromatic N) is 2. The first-order valence-electron chi connectivity index (χ1n) is 7.52. The fourth-order valence-corrected chi connectivity index (χ4v) is 3.43. The molecule has 0 saturated heterocycles. The lowest BCUT2D eigenvalue weighted by atomic mass is 10.2. The lowest BCUT2D eigenvalue weighted by Gasteiger charge is -2.12. The van der Waals surface area contributed by atoms with Crippen molar-refractivity contribution < 1.29 is 18.6 Å². The summed E-state index contributed by atoms with van der Waals surface area (Å²) >= 11 is 1.51. The molecular weight excluding hydrogens is 392 g/mol. The third-order valence-corrected chi connectivity index (χ3v) is 5.17. The number of nitrogens with two attached hydrogens (primary N) is 1. The van der Waals surface area contributed by atoms with Crippen molar-refractivity contribution in [2.75, 3.05) is 11.1 Å². The summed E-state index contributed by atoms with van der Waals surface area (Å²) in [6.07, 6.45) is 0. The van der Waals surface area contributed by atoms with Crippen LogP contribution in [0.25, 0.3) is 0 Å². The molecular formula is C17H14F2N5OS2+. The number of H-pyrrole nitrogens is 1. The molecule has 1 amide bonds. The SMILES string of the molecule is C[C@H](Sc1[nH+]c(N)c(C#N)cc1C#N)C(=O)Nc1ccc(SC(F)F)cc1. The van der Waals surface area contributed by atoms with Crippen LogP contribution in [0.5, 0.6) is 0 Å². The number of nitrogens with one attached hydrogen (secondary N) is 2. The molecule has 4 N–H and O–H groups in total. The van der Waals surface area contributed by atoms with Crippen LogP contribution >= 0.6 is 23.5 Å². The second kappa shape index (κ2) is 9.21. The third-order valence-electron chi connectivity index (χ3n) is 3.32. The Bertz CT molecular complexity index is 923. The van der Waals surface area contributed by atoms with Gasteiger partial charge in [-0.15, -0.1) is 0 Å². The molecule has 0 radical (unpaired) electrons. The number of amides is 1. The number of benzene rings is 1. The van der Waals surface area contributed by atoms with Crippen LogP contribution in [0.4, 0.5) is 20.3 Å². The van der Waals surface area contributed by atoms with Gasteiger partial charge in [-0.25, -0.2) is 4.98 Å². The predicted molar refractivity (Wildman–Crippen MR) is 99.1 cm³/mol. The van der Waals surface area contributed by atoms with Gasteiger partial charge in [0.25, 0.3) is 11.6 Å². The van der Waals surface area contributed by atoms with E-state index >= 15 is 0 Å². The highest BCUT2D eigenvalue weighted by Gasteiger charge is 2.21. The maximum absolute atomic E-state index is 12.3. The predicted octanol–water partition coefficient (Wildman–Crippen LogP) is 3.26. The average molecular weight is 406 g/mol. The molecule has 1 aromatic heterocycles. The Labute approximate surface area is 162 Å². The molecule has 10 heteroatoms. The molecule has 2 aromatic rings. The number of aromatic amines is 1. The van der Waals surface area contributed by atoms with E-state index in [1.54, 1.807) is 6.92 Å². The van der Waals surface area contributed by atoms with E-state index in [1.165, 1.54) is 30.3 Å². The van der Waals surface area contributed by atoms with Crippen molar-refractivity contribution >= 4 is 40.9 Å². The largest absolute Gasteiger partial charge is 0.325 e. The summed E-state index contributed by atoms with van der Waals surface area (Å²) in [5.74, 6) is -2.74. The Morgan fingerprint density at radius 3 is 2.37 bits per heavy atom. The van der Waals surface area contributed by atoms with Crippen LogP contribution in [0.3, 0.4) is 0 Å². The number of nitrogen functional groups attached to an aromatic ring is 1. The third kappa shape index (κ3) is 5.58. The quantitative estimate of drug-likeness (QED) is 0.711. The van der Waals surface area contributed by atoms with E-state index in [2.05, 4.69) is 10.3 Å². The summed E-state index contributed by atoms with van der Waals surface area (Å²) in [6, 6.07) is 11.3. The molecule has 0 fully saturated rings. The summed E-state index contributed by atoms with van der Waals surface area (Å²) in [7, 11) is 0. The van der Waals surface area contributed by atoms with Crippen LogP contribution in [0.2, 0.25) is 0 Å². The number of carbonyl (C=O) groups is 1. The molecule has 0 aliphatic heterocycles. The van der Waals surface area contributed by atoms with Gasteiger partial charge in [0.2, 0.25) is 5.91 Å². The molecule has 1 heterocycles. The number of thioether (sulfide) groups is 2. The molecule has 2 rings (SSSR count). The highest BCUT2D eigenvalue weighted by atomic mass is 32.2. The zero-order valence-corrected chi connectivity index (χ0v) is 15.6. The van der Waals surface area contributed by atoms with E-state index in [1.807, 2.05) is 12.1 Å². The number of pyridine rings is 1. The number of nitriles is 2. The van der Waals surface area contributed by atoms with Gasteiger partial charge in [0.1, 0.15) is 23.3 Å². The van der Waals surface area contributed by atoms with E-state index in [4.69, 9.17) is 11.0 Å². The Kier molecular flexibility index (Phi) is 6.99. The molecule has 0 bridgehead atoms. The van der Waals surface area contributed by atoms with E-state index in [0.29, 0.717) is 27.4 Å². The maximum atomic E-state index is 12.3. The van der Waals surface area contributed by atoms with Crippen molar-refractivity contribution in [3.63, 3.8) is 0 Å². The van der Waals surface area contributed by atoms with Crippen molar-refractivity contribution in [1.29, 1.82) is 10.5 Å². The normalized spacial score (nSPS) is 11.5. The van der Waals surface area contributed by atoms with Crippen LogP contribution < -0.4 is 16.0 Å². The van der Waals surface area contributed by atoms with Crippen molar-refractivity contribution in [3.8, 4) is 12.1 Å². The first kappa shape index (κ1) is 20.5. The summed E-state index contributed by atoms with van der Waals surface area (Å²) < 4.78 is 24.6. The van der Waals surface area contributed by atoms with Crippen molar-refractivity contribution in [2.24, 2.45) is 0 Å². The minimum atomic E-state index is -2.51. The Balaban J connectivity index is 2.07. The second-order valence-electron chi connectivity index (χ2n) is 5.22. The minimum absolute atomic E-state index is 0.110. The number of anilines is 2. The van der Waals surface area contributed by atoms with Crippen molar-refractivity contribution in [3.05, 3.63) is 41.5 Å². The standard InChI is InChI=1S/C17H13F2N5OS2/c1-9(26-16-11(8-21)6-10(7-20)14(22)24-16)15(25)23-12-2-4-13(5-3-12)27-17(18)19/h2-6,9,17H,1H3,(H2,22,24)(H,23,25)/p+1/t9-/m0/s1. The summed E-state index contributed by atoms with van der Waals surface area (Å²) in [5.41, 5.74) is 6.55. The number of carbonyl (C=O) groups excluding carboxylic acids is 1. The number of aromatic nitrogens is 1. The lowest BCUT2D eigenvalue weighted by Crippen LogP contribution is -2.25. The molecule has 0 unspecified atom stereocenters. The first-order chi connectivity index (χ1) is 12.8. The smallest absolute Gasteiger partial charge is 0.289 e. The first-order valence-corrected chi connectivity index (χ1v) is 9.28. The summed E-state index contributed by atoms with van der Waals surface area (Å²) in [6.45, 7) is 1.64. The zero-order valence-electron chi connectivity index (χ0n) is 14.0. The number of rotatable bonds is 6. The molecule has 0 aliphatic rings. The number of hydrogen-bond acceptors (Lipinski definition) is 6. The molecule has 0 saturated carbocycles. The van der Waals surface area contributed by atoms with Gasteiger partial charge < -0.3 is 5.32 Å². The topological polar surface area (TPSA) is 117 Å². The van der Waals surface area contributed by atoms with Crippen LogP contribution in [-0.4, -0.2) is 16.9 Å². The molecule has 0 spiro atoms. The molecule has 1 atom stereocenters. The highest BCUT2D eigenvalue weighted by Crippen LogP contribution is 2.27. The number of halogens is 2. The van der Waals surface area contributed by atoms with E-state index < -0.39 is 11.0 Å². The molecule has 138 valence electrons. The van der Waals surface area contributed by atoms with Crippen LogP contribution in [0.15, 0.2) is 40.3 Å². The maximum Gasteiger partial charge on any atom is 0.289 e. The summed E-state index contributed by atoms with van der Waals surface area (Å²) in [4.78, 5) is 15.5. The van der Waals surface area contributed by atoms with Gasteiger partial charge >= 0.3 is 0 Å². The zero-order chi connectivity index (χ0) is 20.0. The van der Waals surface area contributed by atoms with Crippen molar-refractivity contribution in [1.82, 2.24) is 0 Å². The van der Waals surface area contributed by atoms with Gasteiger partial charge in [-0.2, -0.15) is 19.3 Å². The monoisotopic (exact) mass is 406 g/mol. The van der Waals surface area contributed by atoms with E-state index in [-0.39, 0.29) is 22.9 Å². The summed E-state index contributed by atoms with van der Waals surface area (Å²) in [5, 5.41) is 20.6. The fourth-order valence-electron chi connectivity index (χ4n) is 2.01. The van der Waals surface area contributed by atoms with Gasteiger partial charge in [-0.3, -0.25) is 10.5 Å². The van der Waals surface area contributed by atoms with Gasteiger partial charge in [-0.05, 0) is 37.3 Å². The van der Waals surface area contributed by atoms with Crippen LogP contribution in [-0.2, 0) is 4.79 Å². The van der Waals surface area contributed by atoms with Crippen LogP contribution in [0, 0.1) is 22.7 Å². The Morgan fingerprint density at radius 1 is 1.19 bits per heavy atom. The fraction of sp³-hybridized carbons (Fsp3) is 0.176. The van der Waals surface area contributed by atoms with Gasteiger partial charge in [0.05, 0.1) is 5.25 Å². The van der Waals surface area contributed by atoms with Gasteiger partial charge in [-0.1, -0.05) is 23.5 Å². The van der Waals surface area contributed by atoms with Gasteiger partial charge in [0.15, 0.2) is 5.03 Å². The number of hydrogen-bond donors (Lipinski definition) is 2. The molecule has 0 aliphatic carbocycles. The number of alkyl halides is 2. The lowest BCUT2D eigenvalue weighted by molar-refractivity contribution is -0.410. The minimum Gasteiger partial charge on any atom is -0.325 e. The molecule has 6 nitrogen and oxygen atoms in total. The molecule has 1 aromatic carbocycles. The van der Waals surface area contributed by atoms with Crippen LogP contribution in [0.1, 0.15) is 18.1 Å². The van der Waals surface area contributed by atoms with E-state index in [0.717, 1.165) is 11.8 Å². The highest BCUT2D eigenvalue weighted by molar-refractivity contribution is 8.00. The van der Waals surface area contributed by atoms with Crippen molar-refractivity contribution in [2.45, 2.75) is 27.9 Å². The molecule has 27 heavy (non-hydrogen) atoms. The Hall–Kier alpha value is -2.82. The Morgan fingerprint density at radius 2 is 1.81 bits per heavy atom. The van der Waals surface area contributed by atoms with E-state index in [9.17, 15) is 18.8 Å². The second-order valence-corrected chi connectivity index (χ2v) is 7.63. The van der Waals surface area contributed by atoms with Gasteiger partial charge in [0, 0.05) is 10.6 Å². The average Bonchev–Trinajstić information content (AvgIpc) is 2.63.